The number of hydrogen-bond acceptors (Lipinski definition) is 5. The van der Waals surface area contributed by atoms with Crippen LogP contribution in [0.2, 0.25) is 0 Å². The molecule has 0 aliphatic carbocycles. The Hall–Kier alpha value is -3.57. The highest BCUT2D eigenvalue weighted by Crippen LogP contribution is 2.43. The lowest BCUT2D eigenvalue weighted by atomic mass is 9.73. The SMILES string of the molecule is C=C[C@H]1CN2CC[C@H]1C[C@@H]2[C@H](Oc1cccc(-c2ccccn2)n1)c1ccnc2ccccc12. The van der Waals surface area contributed by atoms with Crippen LogP contribution in [0.4, 0.5) is 0 Å². The average Bonchev–Trinajstić information content (AvgIpc) is 2.92. The number of rotatable bonds is 6. The summed E-state index contributed by atoms with van der Waals surface area (Å²) in [6.45, 7) is 6.24. The predicted molar refractivity (Wildman–Crippen MR) is 134 cm³/mol. The molecule has 4 aromatic rings. The average molecular weight is 449 g/mol. The molecule has 2 bridgehead atoms. The number of nitrogens with zero attached hydrogens (tertiary/aromatic N) is 4. The van der Waals surface area contributed by atoms with Crippen LogP contribution in [-0.2, 0) is 0 Å². The fourth-order valence-corrected chi connectivity index (χ4v) is 5.67. The van der Waals surface area contributed by atoms with E-state index in [0.717, 1.165) is 41.8 Å². The lowest BCUT2D eigenvalue weighted by Crippen LogP contribution is -2.55. The van der Waals surface area contributed by atoms with E-state index in [1.54, 1.807) is 6.20 Å². The van der Waals surface area contributed by atoms with E-state index in [9.17, 15) is 0 Å². The summed E-state index contributed by atoms with van der Waals surface area (Å²) in [5.41, 5.74) is 3.81. The molecule has 0 radical (unpaired) electrons. The molecular formula is C29H28N4O. The second-order valence-electron chi connectivity index (χ2n) is 9.28. The summed E-state index contributed by atoms with van der Waals surface area (Å²) in [4.78, 5) is 16.5. The van der Waals surface area contributed by atoms with Crippen LogP contribution in [-0.4, -0.2) is 39.0 Å². The minimum Gasteiger partial charge on any atom is -0.468 e. The van der Waals surface area contributed by atoms with Crippen LogP contribution in [0.1, 0.15) is 24.5 Å². The van der Waals surface area contributed by atoms with Crippen molar-refractivity contribution in [1.82, 2.24) is 19.9 Å². The van der Waals surface area contributed by atoms with Crippen molar-refractivity contribution in [2.45, 2.75) is 25.0 Å². The van der Waals surface area contributed by atoms with Crippen molar-refractivity contribution in [2.75, 3.05) is 13.1 Å². The topological polar surface area (TPSA) is 51.1 Å². The van der Waals surface area contributed by atoms with Gasteiger partial charge in [-0.2, -0.15) is 0 Å². The Morgan fingerprint density at radius 3 is 2.65 bits per heavy atom. The Balaban J connectivity index is 1.41. The third-order valence-electron chi connectivity index (χ3n) is 7.39. The third-order valence-corrected chi connectivity index (χ3v) is 7.39. The number of benzene rings is 1. The Bertz CT molecular complexity index is 1300. The van der Waals surface area contributed by atoms with Crippen LogP contribution in [0, 0.1) is 11.8 Å². The van der Waals surface area contributed by atoms with Gasteiger partial charge in [0, 0.05) is 36.0 Å². The number of pyridine rings is 3. The summed E-state index contributed by atoms with van der Waals surface area (Å²) in [5, 5.41) is 1.14. The van der Waals surface area contributed by atoms with Crippen molar-refractivity contribution >= 4 is 10.9 Å². The first-order valence-electron chi connectivity index (χ1n) is 12.1. The molecule has 5 heteroatoms. The fraction of sp³-hybridized carbons (Fsp3) is 0.276. The summed E-state index contributed by atoms with van der Waals surface area (Å²) in [6, 6.07) is 22.5. The van der Waals surface area contributed by atoms with E-state index < -0.39 is 0 Å². The Morgan fingerprint density at radius 2 is 1.82 bits per heavy atom. The monoisotopic (exact) mass is 448 g/mol. The van der Waals surface area contributed by atoms with E-state index in [0.29, 0.717) is 17.7 Å². The van der Waals surface area contributed by atoms with Gasteiger partial charge in [-0.25, -0.2) is 4.98 Å². The second-order valence-corrected chi connectivity index (χ2v) is 9.28. The molecule has 3 aliphatic rings. The molecule has 6 heterocycles. The van der Waals surface area contributed by atoms with E-state index in [4.69, 9.17) is 9.72 Å². The summed E-state index contributed by atoms with van der Waals surface area (Å²) < 4.78 is 6.80. The molecule has 1 aromatic carbocycles. The highest BCUT2D eigenvalue weighted by molar-refractivity contribution is 5.82. The zero-order valence-corrected chi connectivity index (χ0v) is 19.1. The van der Waals surface area contributed by atoms with Crippen LogP contribution >= 0.6 is 0 Å². The first-order chi connectivity index (χ1) is 16.8. The first kappa shape index (κ1) is 21.0. The van der Waals surface area contributed by atoms with Crippen molar-refractivity contribution in [2.24, 2.45) is 11.8 Å². The van der Waals surface area contributed by atoms with Gasteiger partial charge < -0.3 is 4.74 Å². The predicted octanol–water partition coefficient (Wildman–Crippen LogP) is 5.71. The minimum atomic E-state index is -0.145. The minimum absolute atomic E-state index is 0.145. The molecule has 3 aliphatic heterocycles. The number of ether oxygens (including phenoxy) is 1. The van der Waals surface area contributed by atoms with E-state index in [2.05, 4.69) is 51.8 Å². The Morgan fingerprint density at radius 1 is 0.941 bits per heavy atom. The van der Waals surface area contributed by atoms with E-state index >= 15 is 0 Å². The molecule has 1 unspecified atom stereocenters. The maximum atomic E-state index is 6.80. The summed E-state index contributed by atoms with van der Waals surface area (Å²) >= 11 is 0. The molecule has 5 nitrogen and oxygen atoms in total. The standard InChI is InChI=1S/C29H28N4O/c1-2-20-19-33-17-14-21(20)18-27(33)29(23-13-16-31-24-9-4-3-8-22(23)24)34-28-12-7-11-26(32-28)25-10-5-6-15-30-25/h2-13,15-16,20-21,27,29H,1,14,17-19H2/t20-,21-,27+,29+/m0/s1. The molecule has 0 N–H and O–H groups in total. The molecule has 3 fully saturated rings. The van der Waals surface area contributed by atoms with E-state index in [1.807, 2.05) is 48.7 Å². The molecule has 0 amide bonds. The van der Waals surface area contributed by atoms with Gasteiger partial charge in [0.1, 0.15) is 6.10 Å². The fourth-order valence-electron chi connectivity index (χ4n) is 5.67. The van der Waals surface area contributed by atoms with Crippen molar-refractivity contribution in [3.8, 4) is 17.3 Å². The van der Waals surface area contributed by atoms with E-state index in [1.165, 1.54) is 12.0 Å². The maximum absolute atomic E-state index is 6.80. The Labute approximate surface area is 200 Å². The summed E-state index contributed by atoms with van der Waals surface area (Å²) in [6.07, 6.45) is 8.01. The molecule has 0 spiro atoms. The number of fused-ring (bicyclic) bond motifs is 4. The van der Waals surface area contributed by atoms with Gasteiger partial charge in [-0.15, -0.1) is 6.58 Å². The normalized spacial score (nSPS) is 24.6. The van der Waals surface area contributed by atoms with Crippen molar-refractivity contribution < 1.29 is 4.74 Å². The van der Waals surface area contributed by atoms with Gasteiger partial charge >= 0.3 is 0 Å². The molecule has 5 atom stereocenters. The van der Waals surface area contributed by atoms with Crippen LogP contribution in [0.3, 0.4) is 0 Å². The van der Waals surface area contributed by atoms with Crippen LogP contribution in [0.5, 0.6) is 5.88 Å². The highest BCUT2D eigenvalue weighted by atomic mass is 16.5. The zero-order valence-electron chi connectivity index (χ0n) is 19.1. The van der Waals surface area contributed by atoms with Gasteiger partial charge in [-0.1, -0.05) is 36.4 Å². The number of hydrogen-bond donors (Lipinski definition) is 0. The molecule has 7 rings (SSSR count). The summed E-state index contributed by atoms with van der Waals surface area (Å²) in [5.74, 6) is 1.84. The van der Waals surface area contributed by atoms with Gasteiger partial charge in [0.2, 0.25) is 5.88 Å². The number of para-hydroxylation sites is 1. The van der Waals surface area contributed by atoms with Crippen LogP contribution < -0.4 is 4.74 Å². The van der Waals surface area contributed by atoms with Crippen molar-refractivity contribution in [3.05, 3.63) is 97.3 Å². The van der Waals surface area contributed by atoms with Gasteiger partial charge in [-0.3, -0.25) is 14.9 Å². The van der Waals surface area contributed by atoms with Crippen LogP contribution in [0.25, 0.3) is 22.3 Å². The van der Waals surface area contributed by atoms with Crippen LogP contribution in [0.15, 0.2) is 91.8 Å². The van der Waals surface area contributed by atoms with E-state index in [-0.39, 0.29) is 12.1 Å². The van der Waals surface area contributed by atoms with Gasteiger partial charge in [-0.05, 0) is 61.6 Å². The number of piperidine rings is 3. The third kappa shape index (κ3) is 3.86. The molecule has 170 valence electrons. The molecule has 3 saturated heterocycles. The lowest BCUT2D eigenvalue weighted by Gasteiger charge is -2.51. The smallest absolute Gasteiger partial charge is 0.214 e. The van der Waals surface area contributed by atoms with Gasteiger partial charge in [0.05, 0.1) is 22.9 Å². The van der Waals surface area contributed by atoms with Crippen molar-refractivity contribution in [3.63, 3.8) is 0 Å². The first-order valence-corrected chi connectivity index (χ1v) is 12.1. The zero-order chi connectivity index (χ0) is 22.9. The van der Waals surface area contributed by atoms with Gasteiger partial charge in [0.25, 0.3) is 0 Å². The summed E-state index contributed by atoms with van der Waals surface area (Å²) in [7, 11) is 0. The maximum Gasteiger partial charge on any atom is 0.214 e. The van der Waals surface area contributed by atoms with Gasteiger partial charge in [0.15, 0.2) is 0 Å². The molecule has 34 heavy (non-hydrogen) atoms. The Kier molecular flexibility index (Phi) is 5.55. The van der Waals surface area contributed by atoms with Crippen molar-refractivity contribution in [1.29, 1.82) is 0 Å². The molecular weight excluding hydrogens is 420 g/mol. The number of aromatic nitrogens is 3. The lowest BCUT2D eigenvalue weighted by molar-refractivity contribution is -0.0368. The second kappa shape index (κ2) is 8.99. The highest BCUT2D eigenvalue weighted by Gasteiger charge is 2.44. The quantitative estimate of drug-likeness (QED) is 0.354. The largest absolute Gasteiger partial charge is 0.468 e. The molecule has 3 aromatic heterocycles. The molecule has 0 saturated carbocycles.